The molecule has 3 N–H and O–H groups in total. The van der Waals surface area contributed by atoms with Crippen LogP contribution in [0.1, 0.15) is 0 Å². The zero-order valence-corrected chi connectivity index (χ0v) is 9.33. The van der Waals surface area contributed by atoms with Crippen molar-refractivity contribution in [2.75, 3.05) is 20.3 Å². The Morgan fingerprint density at radius 1 is 1.59 bits per heavy atom. The van der Waals surface area contributed by atoms with Gasteiger partial charge in [-0.2, -0.15) is 0 Å². The molecule has 0 radical (unpaired) electrons. The van der Waals surface area contributed by atoms with Gasteiger partial charge in [-0.15, -0.1) is 0 Å². The van der Waals surface area contributed by atoms with Gasteiger partial charge in [0.25, 0.3) is 0 Å². The van der Waals surface area contributed by atoms with E-state index in [0.717, 1.165) is 0 Å². The lowest BCUT2D eigenvalue weighted by Gasteiger charge is -2.10. The smallest absolute Gasteiger partial charge is 0.314 e. The number of hydrogen-bond donors (Lipinski definition) is 2. The van der Waals surface area contributed by atoms with Gasteiger partial charge in [0.05, 0.1) is 18.1 Å². The van der Waals surface area contributed by atoms with Crippen molar-refractivity contribution >= 4 is 5.69 Å². The summed E-state index contributed by atoms with van der Waals surface area (Å²) < 4.78 is 10.0. The van der Waals surface area contributed by atoms with E-state index in [9.17, 15) is 15.2 Å². The van der Waals surface area contributed by atoms with Crippen LogP contribution in [-0.2, 0) is 0 Å². The van der Waals surface area contributed by atoms with E-state index in [1.165, 1.54) is 25.3 Å². The van der Waals surface area contributed by atoms with Crippen LogP contribution in [-0.4, -0.2) is 36.4 Å². The van der Waals surface area contributed by atoms with E-state index in [0.29, 0.717) is 0 Å². The molecule has 0 saturated carbocycles. The first-order valence-electron chi connectivity index (χ1n) is 4.91. The van der Waals surface area contributed by atoms with E-state index in [-0.39, 0.29) is 30.3 Å². The van der Waals surface area contributed by atoms with E-state index in [2.05, 4.69) is 0 Å². The zero-order valence-electron chi connectivity index (χ0n) is 9.33. The highest BCUT2D eigenvalue weighted by molar-refractivity contribution is 5.50. The molecule has 7 nitrogen and oxygen atoms in total. The molecule has 0 fully saturated rings. The quantitative estimate of drug-likeness (QED) is 0.548. The van der Waals surface area contributed by atoms with Crippen molar-refractivity contribution in [2.24, 2.45) is 5.73 Å². The van der Waals surface area contributed by atoms with Crippen LogP contribution in [0.25, 0.3) is 0 Å². The highest BCUT2D eigenvalue weighted by Crippen LogP contribution is 2.30. The summed E-state index contributed by atoms with van der Waals surface area (Å²) in [5.41, 5.74) is 5.01. The number of aliphatic hydroxyl groups excluding tert-OH is 1. The Kier molecular flexibility index (Phi) is 4.68. The molecule has 0 aliphatic carbocycles. The van der Waals surface area contributed by atoms with Crippen molar-refractivity contribution in [3.8, 4) is 11.5 Å². The Morgan fingerprint density at radius 2 is 2.29 bits per heavy atom. The largest absolute Gasteiger partial charge is 0.491 e. The average molecular weight is 242 g/mol. The lowest BCUT2D eigenvalue weighted by molar-refractivity contribution is -0.385. The first-order valence-corrected chi connectivity index (χ1v) is 4.91. The predicted molar refractivity (Wildman–Crippen MR) is 60.2 cm³/mol. The third-order valence-corrected chi connectivity index (χ3v) is 2.06. The Hall–Kier alpha value is -1.86. The van der Waals surface area contributed by atoms with E-state index in [1.54, 1.807) is 0 Å². The van der Waals surface area contributed by atoms with Crippen LogP contribution in [0.3, 0.4) is 0 Å². The highest BCUT2D eigenvalue weighted by atomic mass is 16.6. The van der Waals surface area contributed by atoms with Gasteiger partial charge in [-0.25, -0.2) is 0 Å². The van der Waals surface area contributed by atoms with Crippen molar-refractivity contribution in [1.29, 1.82) is 0 Å². The normalized spacial score (nSPS) is 11.9. The Bertz CT molecular complexity index is 396. The molecule has 0 aliphatic rings. The second-order valence-corrected chi connectivity index (χ2v) is 3.29. The number of rotatable bonds is 6. The van der Waals surface area contributed by atoms with Crippen molar-refractivity contribution in [3.63, 3.8) is 0 Å². The molecule has 0 spiro atoms. The number of nitrogens with two attached hydrogens (primary N) is 1. The molecule has 0 heterocycles. The fourth-order valence-electron chi connectivity index (χ4n) is 1.16. The minimum Gasteiger partial charge on any atom is -0.491 e. The maximum atomic E-state index is 10.7. The maximum absolute atomic E-state index is 10.7. The Morgan fingerprint density at radius 3 is 2.82 bits per heavy atom. The van der Waals surface area contributed by atoms with Crippen LogP contribution in [0, 0.1) is 10.1 Å². The topological polar surface area (TPSA) is 108 Å². The summed E-state index contributed by atoms with van der Waals surface area (Å²) in [5.74, 6) is 0.437. The van der Waals surface area contributed by atoms with Crippen LogP contribution in [0.4, 0.5) is 5.69 Å². The molecule has 0 saturated heterocycles. The monoisotopic (exact) mass is 242 g/mol. The van der Waals surface area contributed by atoms with E-state index < -0.39 is 11.0 Å². The number of nitrogens with zero attached hydrogens (tertiary/aromatic N) is 1. The lowest BCUT2D eigenvalue weighted by Crippen LogP contribution is -2.26. The molecule has 1 rings (SSSR count). The molecule has 17 heavy (non-hydrogen) atoms. The maximum Gasteiger partial charge on any atom is 0.314 e. The van der Waals surface area contributed by atoms with Gasteiger partial charge in [0.2, 0.25) is 0 Å². The molecule has 0 bridgehead atoms. The van der Waals surface area contributed by atoms with Crippen LogP contribution >= 0.6 is 0 Å². The van der Waals surface area contributed by atoms with Gasteiger partial charge in [0.15, 0.2) is 5.75 Å². The second kappa shape index (κ2) is 6.02. The molecular formula is C10H14N2O5. The van der Waals surface area contributed by atoms with Gasteiger partial charge >= 0.3 is 5.69 Å². The fraction of sp³-hybridized carbons (Fsp3) is 0.400. The predicted octanol–water partition coefficient (Wildman–Crippen LogP) is 0.302. The van der Waals surface area contributed by atoms with Crippen LogP contribution in [0.2, 0.25) is 0 Å². The standard InChI is InChI=1S/C10H14N2O5/c1-16-10-3-2-8(4-9(10)12(14)15)17-6-7(13)5-11/h2-4,7,13H,5-6,11H2,1H3. The molecule has 1 aromatic carbocycles. The van der Waals surface area contributed by atoms with Gasteiger partial charge in [-0.1, -0.05) is 0 Å². The van der Waals surface area contributed by atoms with Gasteiger partial charge < -0.3 is 20.3 Å². The SMILES string of the molecule is COc1ccc(OCC(O)CN)cc1[N+](=O)[O-]. The summed E-state index contributed by atoms with van der Waals surface area (Å²) in [7, 11) is 1.35. The number of ether oxygens (including phenoxy) is 2. The number of aliphatic hydroxyl groups is 1. The van der Waals surface area contributed by atoms with Crippen LogP contribution in [0.15, 0.2) is 18.2 Å². The molecule has 1 atom stereocenters. The highest BCUT2D eigenvalue weighted by Gasteiger charge is 2.16. The molecule has 1 aromatic rings. The summed E-state index contributed by atoms with van der Waals surface area (Å²) in [6.07, 6.45) is -0.795. The summed E-state index contributed by atoms with van der Waals surface area (Å²) in [5, 5.41) is 19.9. The Balaban J connectivity index is 2.81. The van der Waals surface area contributed by atoms with Crippen LogP contribution < -0.4 is 15.2 Å². The number of benzene rings is 1. The number of methoxy groups -OCH3 is 1. The molecular weight excluding hydrogens is 228 g/mol. The van der Waals surface area contributed by atoms with Crippen molar-refractivity contribution in [3.05, 3.63) is 28.3 Å². The molecule has 1 unspecified atom stereocenters. The van der Waals surface area contributed by atoms with Crippen molar-refractivity contribution in [1.82, 2.24) is 0 Å². The lowest BCUT2D eigenvalue weighted by atomic mass is 10.3. The number of hydrogen-bond acceptors (Lipinski definition) is 6. The Labute approximate surface area is 97.9 Å². The second-order valence-electron chi connectivity index (χ2n) is 3.29. The third kappa shape index (κ3) is 3.58. The number of nitro benzene ring substituents is 1. The zero-order chi connectivity index (χ0) is 12.8. The summed E-state index contributed by atoms with van der Waals surface area (Å²) in [6.45, 7) is 0.0538. The molecule has 7 heteroatoms. The van der Waals surface area contributed by atoms with Gasteiger partial charge in [0, 0.05) is 6.54 Å². The summed E-state index contributed by atoms with van der Waals surface area (Å²) >= 11 is 0. The molecule has 94 valence electrons. The summed E-state index contributed by atoms with van der Waals surface area (Å²) in [6, 6.07) is 4.19. The summed E-state index contributed by atoms with van der Waals surface area (Å²) in [4.78, 5) is 10.2. The van der Waals surface area contributed by atoms with E-state index in [4.69, 9.17) is 15.2 Å². The van der Waals surface area contributed by atoms with Gasteiger partial charge in [-0.05, 0) is 12.1 Å². The molecule has 0 amide bonds. The van der Waals surface area contributed by atoms with Gasteiger partial charge in [0.1, 0.15) is 18.5 Å². The van der Waals surface area contributed by atoms with Crippen molar-refractivity contribution < 1.29 is 19.5 Å². The molecule has 0 aliphatic heterocycles. The fourth-order valence-corrected chi connectivity index (χ4v) is 1.16. The van der Waals surface area contributed by atoms with E-state index >= 15 is 0 Å². The first kappa shape index (κ1) is 13.2. The third-order valence-electron chi connectivity index (χ3n) is 2.06. The average Bonchev–Trinajstić information content (AvgIpc) is 2.35. The van der Waals surface area contributed by atoms with Crippen molar-refractivity contribution in [2.45, 2.75) is 6.10 Å². The van der Waals surface area contributed by atoms with Crippen LogP contribution in [0.5, 0.6) is 11.5 Å². The van der Waals surface area contributed by atoms with Gasteiger partial charge in [-0.3, -0.25) is 10.1 Å². The number of nitro groups is 1. The first-order chi connectivity index (χ1) is 8.08. The minimum absolute atomic E-state index is 0.0139. The minimum atomic E-state index is -0.795. The van der Waals surface area contributed by atoms with E-state index in [1.807, 2.05) is 0 Å². The molecule has 0 aromatic heterocycles.